The Bertz CT molecular complexity index is 804. The van der Waals surface area contributed by atoms with Gasteiger partial charge in [-0.15, -0.1) is 0 Å². The van der Waals surface area contributed by atoms with Gasteiger partial charge in [0.05, 0.1) is 26.8 Å². The summed E-state index contributed by atoms with van der Waals surface area (Å²) in [4.78, 5) is 4.28. The number of halogens is 3. The van der Waals surface area contributed by atoms with Crippen molar-refractivity contribution in [2.24, 2.45) is 0 Å². The number of hydrogen-bond acceptors (Lipinski definition) is 2. The summed E-state index contributed by atoms with van der Waals surface area (Å²) >= 11 is 12.2. The summed E-state index contributed by atoms with van der Waals surface area (Å²) in [6.07, 6.45) is 0. The monoisotopic (exact) mass is 309 g/mol. The first-order valence-electron chi connectivity index (χ1n) is 5.87. The Balaban J connectivity index is 2.38. The predicted octanol–water partition coefficient (Wildman–Crippen LogP) is 4.36. The largest absolute Gasteiger partial charge is 0.369 e. The van der Waals surface area contributed by atoms with Crippen LogP contribution in [0.1, 0.15) is 5.56 Å². The van der Waals surface area contributed by atoms with Gasteiger partial charge in [0.2, 0.25) is 5.95 Å². The van der Waals surface area contributed by atoms with Crippen molar-refractivity contribution < 1.29 is 4.39 Å². The Kier molecular flexibility index (Phi) is 3.07. The number of anilines is 1. The number of rotatable bonds is 1. The van der Waals surface area contributed by atoms with E-state index in [1.165, 1.54) is 12.1 Å². The minimum absolute atomic E-state index is 0.182. The number of nitrogens with zero attached hydrogens (tertiary/aromatic N) is 2. The molecule has 0 spiro atoms. The van der Waals surface area contributed by atoms with E-state index >= 15 is 0 Å². The second kappa shape index (κ2) is 4.65. The molecule has 3 rings (SSSR count). The van der Waals surface area contributed by atoms with Crippen LogP contribution < -0.4 is 5.73 Å². The molecule has 0 bridgehead atoms. The van der Waals surface area contributed by atoms with Crippen LogP contribution in [0.15, 0.2) is 30.3 Å². The van der Waals surface area contributed by atoms with E-state index in [1.54, 1.807) is 4.57 Å². The molecule has 0 radical (unpaired) electrons. The minimum atomic E-state index is -0.498. The zero-order chi connectivity index (χ0) is 14.4. The average Bonchev–Trinajstić information content (AvgIpc) is 2.64. The molecule has 3 aromatic rings. The van der Waals surface area contributed by atoms with E-state index < -0.39 is 5.82 Å². The Hall–Kier alpha value is -1.78. The van der Waals surface area contributed by atoms with E-state index in [1.807, 2.05) is 25.1 Å². The summed E-state index contributed by atoms with van der Waals surface area (Å²) in [5, 5.41) is 0.364. The Labute approximate surface area is 124 Å². The van der Waals surface area contributed by atoms with Crippen LogP contribution in [0.3, 0.4) is 0 Å². The Morgan fingerprint density at radius 1 is 1.15 bits per heavy atom. The number of nitrogen functional groups attached to an aromatic ring is 1. The highest BCUT2D eigenvalue weighted by Crippen LogP contribution is 2.34. The molecule has 0 aliphatic heterocycles. The first-order valence-corrected chi connectivity index (χ1v) is 6.62. The highest BCUT2D eigenvalue weighted by atomic mass is 35.5. The third-order valence-corrected chi connectivity index (χ3v) is 3.62. The summed E-state index contributed by atoms with van der Waals surface area (Å²) in [6.45, 7) is 1.96. The van der Waals surface area contributed by atoms with Gasteiger partial charge in [0, 0.05) is 0 Å². The molecule has 102 valence electrons. The lowest BCUT2D eigenvalue weighted by molar-refractivity contribution is 0.627. The van der Waals surface area contributed by atoms with Crippen LogP contribution in [-0.2, 0) is 0 Å². The molecule has 1 aromatic heterocycles. The van der Waals surface area contributed by atoms with Crippen molar-refractivity contribution in [1.82, 2.24) is 9.55 Å². The third kappa shape index (κ3) is 2.01. The van der Waals surface area contributed by atoms with Gasteiger partial charge in [0.15, 0.2) is 0 Å². The first kappa shape index (κ1) is 13.2. The normalized spacial score (nSPS) is 11.2. The van der Waals surface area contributed by atoms with Crippen LogP contribution in [0.5, 0.6) is 0 Å². The lowest BCUT2D eigenvalue weighted by Crippen LogP contribution is -2.02. The van der Waals surface area contributed by atoms with E-state index in [0.29, 0.717) is 5.69 Å². The van der Waals surface area contributed by atoms with Crippen LogP contribution in [0.2, 0.25) is 10.0 Å². The van der Waals surface area contributed by atoms with Crippen molar-refractivity contribution in [3.63, 3.8) is 0 Å². The summed E-state index contributed by atoms with van der Waals surface area (Å²) in [5.41, 5.74) is 8.95. The van der Waals surface area contributed by atoms with Gasteiger partial charge >= 0.3 is 0 Å². The number of aromatic nitrogens is 2. The standard InChI is InChI=1S/C14H10Cl2FN3/c1-7-2-3-12-11(4-7)19-14(18)20(12)13-9(15)5-8(17)6-10(13)16/h2-6H,1H3,(H2,18,19). The zero-order valence-corrected chi connectivity index (χ0v) is 12.0. The highest BCUT2D eigenvalue weighted by Gasteiger charge is 2.16. The molecule has 0 atom stereocenters. The third-order valence-electron chi connectivity index (χ3n) is 3.04. The highest BCUT2D eigenvalue weighted by molar-refractivity contribution is 6.38. The van der Waals surface area contributed by atoms with E-state index in [2.05, 4.69) is 4.98 Å². The summed E-state index contributed by atoms with van der Waals surface area (Å²) < 4.78 is 14.9. The van der Waals surface area contributed by atoms with Crippen LogP contribution in [0.4, 0.5) is 10.3 Å². The van der Waals surface area contributed by atoms with Gasteiger partial charge in [0.25, 0.3) is 0 Å². The number of aryl methyl sites for hydroxylation is 1. The van der Waals surface area contributed by atoms with Gasteiger partial charge < -0.3 is 5.73 Å². The molecule has 1 heterocycles. The fraction of sp³-hybridized carbons (Fsp3) is 0.0714. The van der Waals surface area contributed by atoms with Gasteiger partial charge in [0.1, 0.15) is 5.82 Å². The Morgan fingerprint density at radius 2 is 1.80 bits per heavy atom. The maximum Gasteiger partial charge on any atom is 0.206 e. The molecule has 20 heavy (non-hydrogen) atoms. The molecule has 3 nitrogen and oxygen atoms in total. The average molecular weight is 310 g/mol. The van der Waals surface area contributed by atoms with Crippen molar-refractivity contribution in [2.75, 3.05) is 5.73 Å². The smallest absolute Gasteiger partial charge is 0.206 e. The van der Waals surface area contributed by atoms with Gasteiger partial charge in [-0.05, 0) is 36.8 Å². The molecule has 6 heteroatoms. The van der Waals surface area contributed by atoms with E-state index in [9.17, 15) is 4.39 Å². The van der Waals surface area contributed by atoms with Gasteiger partial charge in [-0.3, -0.25) is 4.57 Å². The summed E-state index contributed by atoms with van der Waals surface area (Å²) in [7, 11) is 0. The van der Waals surface area contributed by atoms with Crippen LogP contribution >= 0.6 is 23.2 Å². The number of imidazole rings is 1. The van der Waals surface area contributed by atoms with E-state index in [0.717, 1.165) is 16.6 Å². The lowest BCUT2D eigenvalue weighted by Gasteiger charge is -2.11. The molecular weight excluding hydrogens is 300 g/mol. The minimum Gasteiger partial charge on any atom is -0.369 e. The molecule has 0 saturated carbocycles. The molecular formula is C14H10Cl2FN3. The number of hydrogen-bond donors (Lipinski definition) is 1. The maximum absolute atomic E-state index is 13.3. The second-order valence-electron chi connectivity index (χ2n) is 4.52. The summed E-state index contributed by atoms with van der Waals surface area (Å²) in [6, 6.07) is 8.12. The molecule has 0 saturated heterocycles. The fourth-order valence-corrected chi connectivity index (χ4v) is 2.82. The molecule has 2 N–H and O–H groups in total. The van der Waals surface area contributed by atoms with Crippen LogP contribution in [0, 0.1) is 12.7 Å². The second-order valence-corrected chi connectivity index (χ2v) is 5.33. The molecule has 0 aliphatic carbocycles. The molecule has 0 amide bonds. The zero-order valence-electron chi connectivity index (χ0n) is 10.5. The fourth-order valence-electron chi connectivity index (χ4n) is 2.19. The molecule has 0 fully saturated rings. The van der Waals surface area contributed by atoms with Gasteiger partial charge in [-0.25, -0.2) is 9.37 Å². The van der Waals surface area contributed by atoms with E-state index in [4.69, 9.17) is 28.9 Å². The van der Waals surface area contributed by atoms with Crippen molar-refractivity contribution in [2.45, 2.75) is 6.92 Å². The number of benzene rings is 2. The van der Waals surface area contributed by atoms with Crippen molar-refractivity contribution in [1.29, 1.82) is 0 Å². The van der Waals surface area contributed by atoms with Gasteiger partial charge in [-0.1, -0.05) is 29.3 Å². The maximum atomic E-state index is 13.3. The number of fused-ring (bicyclic) bond motifs is 1. The lowest BCUT2D eigenvalue weighted by atomic mass is 10.2. The molecule has 0 aliphatic rings. The van der Waals surface area contributed by atoms with Crippen molar-refractivity contribution >= 4 is 40.2 Å². The Morgan fingerprint density at radius 3 is 2.45 bits per heavy atom. The summed E-state index contributed by atoms with van der Waals surface area (Å²) in [5.74, 6) is -0.247. The van der Waals surface area contributed by atoms with Gasteiger partial charge in [-0.2, -0.15) is 0 Å². The van der Waals surface area contributed by atoms with Crippen molar-refractivity contribution in [3.8, 4) is 5.69 Å². The van der Waals surface area contributed by atoms with E-state index in [-0.39, 0.29) is 16.0 Å². The predicted molar refractivity (Wildman–Crippen MR) is 80.2 cm³/mol. The quantitative estimate of drug-likeness (QED) is 0.725. The van der Waals surface area contributed by atoms with Crippen LogP contribution in [0.25, 0.3) is 16.7 Å². The number of nitrogens with two attached hydrogens (primary N) is 1. The van der Waals surface area contributed by atoms with Crippen LogP contribution in [-0.4, -0.2) is 9.55 Å². The SMILES string of the molecule is Cc1ccc2c(c1)nc(N)n2-c1c(Cl)cc(F)cc1Cl. The van der Waals surface area contributed by atoms with Crippen molar-refractivity contribution in [3.05, 3.63) is 51.8 Å². The molecule has 0 unspecified atom stereocenters. The topological polar surface area (TPSA) is 43.8 Å². The molecule has 2 aromatic carbocycles. The first-order chi connectivity index (χ1) is 9.47.